The molecule has 1 fully saturated rings. The summed E-state index contributed by atoms with van der Waals surface area (Å²) >= 11 is 0. The Hall–Kier alpha value is -2.56. The second-order valence-electron chi connectivity index (χ2n) is 5.18. The van der Waals surface area contributed by atoms with E-state index >= 15 is 0 Å². The first kappa shape index (κ1) is 13.4. The average Bonchev–Trinajstić information content (AvgIpc) is 2.97. The number of phenolic OH excluding ortho intramolecular Hbond substituents is 1. The van der Waals surface area contributed by atoms with Crippen LogP contribution in [0.5, 0.6) is 5.75 Å². The topological polar surface area (TPSA) is 77.8 Å². The number of carboxylic acid groups (broad SMARTS) is 1. The van der Waals surface area contributed by atoms with Gasteiger partial charge in [0.1, 0.15) is 11.8 Å². The number of benzene rings is 2. The molecule has 1 aliphatic heterocycles. The lowest BCUT2D eigenvalue weighted by Crippen LogP contribution is -2.40. The van der Waals surface area contributed by atoms with Crippen LogP contribution in [0.1, 0.15) is 23.2 Å². The highest BCUT2D eigenvalue weighted by Crippen LogP contribution is 2.31. The Labute approximate surface area is 121 Å². The molecule has 2 aromatic rings. The SMILES string of the molecule is O=C(O)C1CCCN1C(=O)c1ccc2ccccc2c1O. The van der Waals surface area contributed by atoms with Gasteiger partial charge in [0.25, 0.3) is 5.91 Å². The summed E-state index contributed by atoms with van der Waals surface area (Å²) in [7, 11) is 0. The van der Waals surface area contributed by atoms with Crippen molar-refractivity contribution in [2.45, 2.75) is 18.9 Å². The quantitative estimate of drug-likeness (QED) is 0.887. The lowest BCUT2D eigenvalue weighted by atomic mass is 10.0. The maximum Gasteiger partial charge on any atom is 0.326 e. The fourth-order valence-corrected chi connectivity index (χ4v) is 2.85. The summed E-state index contributed by atoms with van der Waals surface area (Å²) in [5.74, 6) is -1.52. The first-order valence-electron chi connectivity index (χ1n) is 6.84. The monoisotopic (exact) mass is 285 g/mol. The number of aromatic hydroxyl groups is 1. The Morgan fingerprint density at radius 3 is 2.67 bits per heavy atom. The van der Waals surface area contributed by atoms with Gasteiger partial charge in [-0.15, -0.1) is 0 Å². The number of phenols is 1. The largest absolute Gasteiger partial charge is 0.506 e. The van der Waals surface area contributed by atoms with Crippen LogP contribution in [0, 0.1) is 0 Å². The van der Waals surface area contributed by atoms with Crippen molar-refractivity contribution < 1.29 is 19.8 Å². The molecule has 2 aromatic carbocycles. The molecule has 0 bridgehead atoms. The Morgan fingerprint density at radius 1 is 1.14 bits per heavy atom. The lowest BCUT2D eigenvalue weighted by Gasteiger charge is -2.22. The molecule has 0 saturated carbocycles. The molecule has 108 valence electrons. The molecule has 0 aromatic heterocycles. The highest BCUT2D eigenvalue weighted by molar-refractivity contribution is 6.04. The third kappa shape index (κ3) is 2.20. The molecule has 0 aliphatic carbocycles. The zero-order chi connectivity index (χ0) is 15.0. The van der Waals surface area contributed by atoms with Gasteiger partial charge in [-0.1, -0.05) is 30.3 Å². The van der Waals surface area contributed by atoms with Gasteiger partial charge in [0, 0.05) is 11.9 Å². The smallest absolute Gasteiger partial charge is 0.326 e. The predicted molar refractivity (Wildman–Crippen MR) is 77.3 cm³/mol. The van der Waals surface area contributed by atoms with Crippen LogP contribution in [0.25, 0.3) is 10.8 Å². The lowest BCUT2D eigenvalue weighted by molar-refractivity contribution is -0.141. The first-order valence-corrected chi connectivity index (χ1v) is 6.84. The van der Waals surface area contributed by atoms with E-state index in [2.05, 4.69) is 0 Å². The Morgan fingerprint density at radius 2 is 1.90 bits per heavy atom. The van der Waals surface area contributed by atoms with Crippen molar-refractivity contribution in [1.29, 1.82) is 0 Å². The molecule has 1 saturated heterocycles. The fraction of sp³-hybridized carbons (Fsp3) is 0.250. The summed E-state index contributed by atoms with van der Waals surface area (Å²) in [4.78, 5) is 25.0. The molecule has 1 heterocycles. The second-order valence-corrected chi connectivity index (χ2v) is 5.18. The highest BCUT2D eigenvalue weighted by Gasteiger charge is 2.35. The van der Waals surface area contributed by atoms with Gasteiger partial charge in [0.15, 0.2) is 0 Å². The number of rotatable bonds is 2. The highest BCUT2D eigenvalue weighted by atomic mass is 16.4. The van der Waals surface area contributed by atoms with Crippen molar-refractivity contribution in [1.82, 2.24) is 4.90 Å². The fourth-order valence-electron chi connectivity index (χ4n) is 2.85. The van der Waals surface area contributed by atoms with E-state index in [1.807, 2.05) is 12.1 Å². The molecular weight excluding hydrogens is 270 g/mol. The van der Waals surface area contributed by atoms with Crippen molar-refractivity contribution in [3.63, 3.8) is 0 Å². The van der Waals surface area contributed by atoms with Gasteiger partial charge in [-0.3, -0.25) is 4.79 Å². The van der Waals surface area contributed by atoms with E-state index < -0.39 is 17.9 Å². The van der Waals surface area contributed by atoms with E-state index in [-0.39, 0.29) is 11.3 Å². The maximum atomic E-state index is 12.5. The van der Waals surface area contributed by atoms with Crippen molar-refractivity contribution in [2.75, 3.05) is 6.54 Å². The number of carbonyl (C=O) groups is 2. The zero-order valence-corrected chi connectivity index (χ0v) is 11.3. The molecule has 21 heavy (non-hydrogen) atoms. The van der Waals surface area contributed by atoms with Gasteiger partial charge < -0.3 is 15.1 Å². The van der Waals surface area contributed by atoms with Crippen LogP contribution >= 0.6 is 0 Å². The van der Waals surface area contributed by atoms with Crippen LogP contribution in [0.2, 0.25) is 0 Å². The van der Waals surface area contributed by atoms with Crippen molar-refractivity contribution in [3.8, 4) is 5.75 Å². The molecule has 2 N–H and O–H groups in total. The van der Waals surface area contributed by atoms with Crippen LogP contribution in [0.15, 0.2) is 36.4 Å². The minimum Gasteiger partial charge on any atom is -0.506 e. The van der Waals surface area contributed by atoms with E-state index in [4.69, 9.17) is 5.11 Å². The molecule has 0 spiro atoms. The molecule has 5 heteroatoms. The Balaban J connectivity index is 2.02. The molecule has 1 unspecified atom stereocenters. The molecular formula is C16H15NO4. The van der Waals surface area contributed by atoms with E-state index in [0.717, 1.165) is 5.39 Å². The Bertz CT molecular complexity index is 725. The standard InChI is InChI=1S/C16H15NO4/c18-14-11-5-2-1-4-10(11)7-8-12(14)15(19)17-9-3-6-13(17)16(20)21/h1-2,4-5,7-8,13,18H,3,6,9H2,(H,20,21). The minimum absolute atomic E-state index is 0.0888. The number of fused-ring (bicyclic) bond motifs is 1. The zero-order valence-electron chi connectivity index (χ0n) is 11.3. The van der Waals surface area contributed by atoms with Gasteiger partial charge in [-0.25, -0.2) is 4.79 Å². The van der Waals surface area contributed by atoms with Gasteiger partial charge >= 0.3 is 5.97 Å². The number of amides is 1. The first-order chi connectivity index (χ1) is 10.1. The number of likely N-dealkylation sites (tertiary alicyclic amines) is 1. The van der Waals surface area contributed by atoms with E-state index in [1.54, 1.807) is 24.3 Å². The normalized spacial score (nSPS) is 18.1. The molecule has 1 atom stereocenters. The number of nitrogens with zero attached hydrogens (tertiary/aromatic N) is 1. The molecule has 1 aliphatic rings. The summed E-state index contributed by atoms with van der Waals surface area (Å²) in [6.07, 6.45) is 1.12. The number of hydrogen-bond donors (Lipinski definition) is 2. The van der Waals surface area contributed by atoms with Crippen molar-refractivity contribution in [3.05, 3.63) is 42.0 Å². The van der Waals surface area contributed by atoms with Crippen LogP contribution in [-0.4, -0.2) is 39.6 Å². The van der Waals surface area contributed by atoms with Crippen LogP contribution in [-0.2, 0) is 4.79 Å². The summed E-state index contributed by atoms with van der Waals surface area (Å²) in [5.41, 5.74) is 0.154. The number of aliphatic carboxylic acids is 1. The number of hydrogen-bond acceptors (Lipinski definition) is 3. The van der Waals surface area contributed by atoms with Gasteiger partial charge in [-0.05, 0) is 24.3 Å². The molecule has 3 rings (SSSR count). The van der Waals surface area contributed by atoms with E-state index in [0.29, 0.717) is 24.8 Å². The van der Waals surface area contributed by atoms with Gasteiger partial charge in [-0.2, -0.15) is 0 Å². The minimum atomic E-state index is -0.999. The number of carbonyl (C=O) groups excluding carboxylic acids is 1. The number of carboxylic acids is 1. The van der Waals surface area contributed by atoms with Crippen molar-refractivity contribution >= 4 is 22.6 Å². The van der Waals surface area contributed by atoms with E-state index in [9.17, 15) is 14.7 Å². The summed E-state index contributed by atoms with van der Waals surface area (Å²) in [6.45, 7) is 0.405. The summed E-state index contributed by atoms with van der Waals surface area (Å²) in [6, 6.07) is 9.73. The molecule has 5 nitrogen and oxygen atoms in total. The third-order valence-electron chi connectivity index (χ3n) is 3.93. The third-order valence-corrected chi connectivity index (χ3v) is 3.93. The molecule has 0 radical (unpaired) electrons. The molecule has 1 amide bonds. The van der Waals surface area contributed by atoms with Crippen LogP contribution in [0.4, 0.5) is 0 Å². The van der Waals surface area contributed by atoms with Gasteiger partial charge in [0.2, 0.25) is 0 Å². The van der Waals surface area contributed by atoms with Gasteiger partial charge in [0.05, 0.1) is 5.56 Å². The maximum absolute atomic E-state index is 12.5. The Kier molecular flexibility index (Phi) is 3.25. The van der Waals surface area contributed by atoms with Crippen LogP contribution in [0.3, 0.4) is 0 Å². The summed E-state index contributed by atoms with van der Waals surface area (Å²) < 4.78 is 0. The average molecular weight is 285 g/mol. The predicted octanol–water partition coefficient (Wildman–Crippen LogP) is 2.23. The second kappa shape index (κ2) is 5.09. The van der Waals surface area contributed by atoms with Crippen molar-refractivity contribution in [2.24, 2.45) is 0 Å². The van der Waals surface area contributed by atoms with Crippen LogP contribution < -0.4 is 0 Å². The summed E-state index contributed by atoms with van der Waals surface area (Å²) in [5, 5.41) is 20.9. The van der Waals surface area contributed by atoms with E-state index in [1.165, 1.54) is 4.90 Å².